The zero-order valence-corrected chi connectivity index (χ0v) is 9.92. The highest BCUT2D eigenvalue weighted by atomic mass is 35.5. The number of hydrogen-bond acceptors (Lipinski definition) is 3. The van der Waals surface area contributed by atoms with Gasteiger partial charge in [-0.2, -0.15) is 0 Å². The number of halogens is 1. The summed E-state index contributed by atoms with van der Waals surface area (Å²) >= 11 is 5.84. The highest BCUT2D eigenvalue weighted by Crippen LogP contribution is 2.37. The predicted molar refractivity (Wildman–Crippen MR) is 64.7 cm³/mol. The largest absolute Gasteiger partial charge is 0.417 e. The maximum atomic E-state index is 11.1. The van der Waals surface area contributed by atoms with Gasteiger partial charge in [-0.3, -0.25) is 4.98 Å². The molecule has 0 unspecified atom stereocenters. The molecule has 2 heterocycles. The van der Waals surface area contributed by atoms with Gasteiger partial charge in [0.25, 0.3) is 0 Å². The van der Waals surface area contributed by atoms with E-state index in [-0.39, 0.29) is 5.41 Å². The second-order valence-corrected chi connectivity index (χ2v) is 4.82. The summed E-state index contributed by atoms with van der Waals surface area (Å²) in [5.41, 5.74) is 2.46. The Morgan fingerprint density at radius 1 is 1.41 bits per heavy atom. The molecule has 2 aromatic rings. The van der Waals surface area contributed by atoms with Crippen LogP contribution in [0.2, 0.25) is 0 Å². The van der Waals surface area contributed by atoms with Gasteiger partial charge in [-0.1, -0.05) is 6.07 Å². The van der Waals surface area contributed by atoms with Gasteiger partial charge in [0.1, 0.15) is 0 Å². The molecule has 1 aliphatic heterocycles. The minimum Gasteiger partial charge on any atom is -0.408 e. The molecule has 90 valence electrons. The van der Waals surface area contributed by atoms with Crippen LogP contribution in [0.5, 0.6) is 0 Å². The lowest BCUT2D eigenvalue weighted by atomic mass is 9.76. The highest BCUT2D eigenvalue weighted by Gasteiger charge is 2.39. The highest BCUT2D eigenvalue weighted by molar-refractivity contribution is 6.17. The van der Waals surface area contributed by atoms with Crippen molar-refractivity contribution >= 4 is 22.7 Å². The molecule has 0 atom stereocenters. The number of oxazole rings is 1. The molecule has 5 heteroatoms. The van der Waals surface area contributed by atoms with E-state index in [1.165, 1.54) is 0 Å². The number of alkyl halides is 1. The number of fused-ring (bicyclic) bond motifs is 1. The summed E-state index contributed by atoms with van der Waals surface area (Å²) < 4.78 is 10.3. The third-order valence-corrected chi connectivity index (χ3v) is 3.55. The van der Waals surface area contributed by atoms with Crippen LogP contribution in [0.15, 0.2) is 27.4 Å². The SMILES string of the molecule is O=c1[nH]c2cc(C3(CCCl)COC3)ccc2o1. The summed E-state index contributed by atoms with van der Waals surface area (Å²) in [5.74, 6) is 0.178. The Balaban J connectivity index is 2.07. The molecule has 1 aromatic carbocycles. The van der Waals surface area contributed by atoms with Crippen molar-refractivity contribution < 1.29 is 9.15 Å². The molecule has 0 spiro atoms. The Bertz CT molecular complexity index is 597. The summed E-state index contributed by atoms with van der Waals surface area (Å²) in [6.45, 7) is 1.38. The van der Waals surface area contributed by atoms with Crippen LogP contribution in [0, 0.1) is 0 Å². The first-order valence-corrected chi connectivity index (χ1v) is 6.04. The van der Waals surface area contributed by atoms with Gasteiger partial charge in [0.2, 0.25) is 0 Å². The van der Waals surface area contributed by atoms with Gasteiger partial charge in [0, 0.05) is 11.3 Å². The van der Waals surface area contributed by atoms with E-state index in [1.807, 2.05) is 18.2 Å². The second kappa shape index (κ2) is 3.89. The molecular formula is C12H12ClNO3. The molecule has 4 nitrogen and oxygen atoms in total. The van der Waals surface area contributed by atoms with Gasteiger partial charge in [-0.05, 0) is 24.1 Å². The number of rotatable bonds is 3. The molecule has 0 saturated carbocycles. The molecule has 17 heavy (non-hydrogen) atoms. The summed E-state index contributed by atoms with van der Waals surface area (Å²) in [6.07, 6.45) is 0.877. The Kier molecular flexibility index (Phi) is 2.49. The molecule has 1 aromatic heterocycles. The number of aromatic nitrogens is 1. The number of aromatic amines is 1. The molecule has 0 radical (unpaired) electrons. The Labute approximate surface area is 103 Å². The van der Waals surface area contributed by atoms with Crippen LogP contribution < -0.4 is 5.76 Å². The first kappa shape index (κ1) is 10.9. The van der Waals surface area contributed by atoms with Gasteiger partial charge in [-0.15, -0.1) is 11.6 Å². The van der Waals surface area contributed by atoms with E-state index in [9.17, 15) is 4.79 Å². The van der Waals surface area contributed by atoms with E-state index in [1.54, 1.807) is 0 Å². The van der Waals surface area contributed by atoms with E-state index in [2.05, 4.69) is 4.98 Å². The van der Waals surface area contributed by atoms with Gasteiger partial charge < -0.3 is 9.15 Å². The maximum Gasteiger partial charge on any atom is 0.417 e. The zero-order valence-electron chi connectivity index (χ0n) is 9.16. The first-order valence-electron chi connectivity index (χ1n) is 5.51. The zero-order chi connectivity index (χ0) is 11.9. The minimum atomic E-state index is -0.423. The fraction of sp³-hybridized carbons (Fsp3) is 0.417. The third-order valence-electron chi connectivity index (χ3n) is 3.36. The standard InChI is InChI=1S/C12H12ClNO3/c13-4-3-12(6-16-7-12)8-1-2-10-9(5-8)14-11(15)17-10/h1-2,5H,3-4,6-7H2,(H,14,15). The molecule has 0 amide bonds. The van der Waals surface area contributed by atoms with E-state index in [4.69, 9.17) is 20.8 Å². The molecule has 1 fully saturated rings. The first-order chi connectivity index (χ1) is 8.23. The van der Waals surface area contributed by atoms with Crippen molar-refractivity contribution in [3.05, 3.63) is 34.3 Å². The average molecular weight is 254 g/mol. The summed E-state index contributed by atoms with van der Waals surface area (Å²) in [6, 6.07) is 5.75. The Morgan fingerprint density at radius 3 is 2.88 bits per heavy atom. The number of nitrogens with one attached hydrogen (secondary N) is 1. The lowest BCUT2D eigenvalue weighted by molar-refractivity contribution is -0.0615. The van der Waals surface area contributed by atoms with E-state index in [0.29, 0.717) is 24.7 Å². The molecular weight excluding hydrogens is 242 g/mol. The van der Waals surface area contributed by atoms with Crippen LogP contribution in [0.4, 0.5) is 0 Å². The van der Waals surface area contributed by atoms with Crippen molar-refractivity contribution in [2.45, 2.75) is 11.8 Å². The molecule has 1 aliphatic rings. The van der Waals surface area contributed by atoms with Crippen LogP contribution in [-0.4, -0.2) is 24.1 Å². The van der Waals surface area contributed by atoms with Crippen molar-refractivity contribution in [3.63, 3.8) is 0 Å². The van der Waals surface area contributed by atoms with E-state index < -0.39 is 5.76 Å². The second-order valence-electron chi connectivity index (χ2n) is 4.44. The van der Waals surface area contributed by atoms with Crippen LogP contribution in [0.3, 0.4) is 0 Å². The minimum absolute atomic E-state index is 0.00407. The van der Waals surface area contributed by atoms with Crippen molar-refractivity contribution in [2.24, 2.45) is 0 Å². The molecule has 0 aliphatic carbocycles. The summed E-state index contributed by atoms with van der Waals surface area (Å²) in [5, 5.41) is 0. The maximum absolute atomic E-state index is 11.1. The van der Waals surface area contributed by atoms with Crippen molar-refractivity contribution in [1.82, 2.24) is 4.98 Å². The number of ether oxygens (including phenoxy) is 1. The van der Waals surface area contributed by atoms with Crippen LogP contribution >= 0.6 is 11.6 Å². The van der Waals surface area contributed by atoms with E-state index >= 15 is 0 Å². The average Bonchev–Trinajstić information content (AvgIpc) is 2.62. The predicted octanol–water partition coefficient (Wildman–Crippen LogP) is 2.02. The van der Waals surface area contributed by atoms with Gasteiger partial charge in [-0.25, -0.2) is 4.79 Å². The van der Waals surface area contributed by atoms with E-state index in [0.717, 1.165) is 17.5 Å². The third kappa shape index (κ3) is 1.68. The van der Waals surface area contributed by atoms with Gasteiger partial charge >= 0.3 is 5.76 Å². The number of hydrogen-bond donors (Lipinski definition) is 1. The van der Waals surface area contributed by atoms with Crippen molar-refractivity contribution in [1.29, 1.82) is 0 Å². The smallest absolute Gasteiger partial charge is 0.408 e. The Morgan fingerprint density at radius 2 is 2.24 bits per heavy atom. The quantitative estimate of drug-likeness (QED) is 0.852. The normalized spacial score (nSPS) is 18.2. The lowest BCUT2D eigenvalue weighted by Gasteiger charge is -2.41. The van der Waals surface area contributed by atoms with Crippen molar-refractivity contribution in [2.75, 3.05) is 19.1 Å². The molecule has 1 N–H and O–H groups in total. The molecule has 1 saturated heterocycles. The lowest BCUT2D eigenvalue weighted by Crippen LogP contribution is -2.47. The molecule has 3 rings (SSSR count). The topological polar surface area (TPSA) is 55.2 Å². The van der Waals surface area contributed by atoms with Crippen molar-refractivity contribution in [3.8, 4) is 0 Å². The van der Waals surface area contributed by atoms with Crippen LogP contribution in [0.1, 0.15) is 12.0 Å². The molecule has 0 bridgehead atoms. The number of benzene rings is 1. The fourth-order valence-corrected chi connectivity index (χ4v) is 2.63. The summed E-state index contributed by atoms with van der Waals surface area (Å²) in [4.78, 5) is 13.8. The fourth-order valence-electron chi connectivity index (χ4n) is 2.27. The van der Waals surface area contributed by atoms with Gasteiger partial charge in [0.15, 0.2) is 5.58 Å². The van der Waals surface area contributed by atoms with Crippen LogP contribution in [0.25, 0.3) is 11.1 Å². The monoisotopic (exact) mass is 253 g/mol. The summed E-state index contributed by atoms with van der Waals surface area (Å²) in [7, 11) is 0. The van der Waals surface area contributed by atoms with Crippen LogP contribution in [-0.2, 0) is 10.2 Å². The number of H-pyrrole nitrogens is 1. The Hall–Kier alpha value is -1.26. The van der Waals surface area contributed by atoms with Gasteiger partial charge in [0.05, 0.1) is 18.7 Å².